The number of hydrogen-bond acceptors (Lipinski definition) is 6. The van der Waals surface area contributed by atoms with Crippen molar-refractivity contribution in [2.24, 2.45) is 0 Å². The molecule has 18 heavy (non-hydrogen) atoms. The fraction of sp³-hybridized carbons (Fsp3) is 0.500. The van der Waals surface area contributed by atoms with E-state index in [0.717, 1.165) is 11.4 Å². The van der Waals surface area contributed by atoms with Crippen molar-refractivity contribution in [3.63, 3.8) is 0 Å². The van der Waals surface area contributed by atoms with Gasteiger partial charge in [0.1, 0.15) is 17.7 Å². The van der Waals surface area contributed by atoms with E-state index in [9.17, 15) is 0 Å². The Hall–Kier alpha value is -1.56. The Morgan fingerprint density at radius 3 is 2.78 bits per heavy atom. The number of thiazole rings is 1. The van der Waals surface area contributed by atoms with Crippen LogP contribution in [0.1, 0.15) is 41.4 Å². The van der Waals surface area contributed by atoms with Gasteiger partial charge in [0, 0.05) is 4.88 Å². The first-order chi connectivity index (χ1) is 8.83. The molecule has 0 bridgehead atoms. The second-order valence-electron chi connectivity index (χ2n) is 4.46. The topological polar surface area (TPSA) is 63.6 Å². The average Bonchev–Trinajstić information content (AvgIpc) is 2.84. The summed E-state index contributed by atoms with van der Waals surface area (Å²) in [5, 5.41) is 4.38. The van der Waals surface area contributed by atoms with Crippen LogP contribution in [0.4, 0.5) is 5.95 Å². The molecule has 5 nitrogen and oxygen atoms in total. The summed E-state index contributed by atoms with van der Waals surface area (Å²) in [7, 11) is 0. The molecule has 0 fully saturated rings. The molecular formula is C12H15N5S. The largest absolute Gasteiger partial charge is 0.345 e. The lowest BCUT2D eigenvalue weighted by Gasteiger charge is -2.09. The molecule has 0 aromatic carbocycles. The first-order valence-corrected chi connectivity index (χ1v) is 7.01. The van der Waals surface area contributed by atoms with Crippen LogP contribution in [-0.4, -0.2) is 19.9 Å². The summed E-state index contributed by atoms with van der Waals surface area (Å²) >= 11 is 1.82. The van der Waals surface area contributed by atoms with Crippen LogP contribution in [0.5, 0.6) is 0 Å². The van der Waals surface area contributed by atoms with Crippen molar-refractivity contribution in [3.05, 3.63) is 28.2 Å². The predicted molar refractivity (Wildman–Crippen MR) is 70.6 cm³/mol. The lowest BCUT2D eigenvalue weighted by Crippen LogP contribution is -2.09. The van der Waals surface area contributed by atoms with Crippen LogP contribution in [-0.2, 0) is 12.8 Å². The van der Waals surface area contributed by atoms with Gasteiger partial charge in [0.05, 0.1) is 11.7 Å². The molecule has 1 atom stereocenters. The number of nitrogens with zero attached hydrogens (tertiary/aromatic N) is 4. The summed E-state index contributed by atoms with van der Waals surface area (Å²) < 4.78 is 0. The van der Waals surface area contributed by atoms with Gasteiger partial charge in [0.25, 0.3) is 0 Å². The van der Waals surface area contributed by atoms with Crippen LogP contribution in [0, 0.1) is 0 Å². The van der Waals surface area contributed by atoms with E-state index in [1.807, 2.05) is 11.3 Å². The van der Waals surface area contributed by atoms with Crippen molar-refractivity contribution in [3.8, 4) is 0 Å². The second-order valence-corrected chi connectivity index (χ2v) is 5.57. The maximum atomic E-state index is 4.73. The first-order valence-electron chi connectivity index (χ1n) is 6.20. The highest BCUT2D eigenvalue weighted by Gasteiger charge is 2.18. The average molecular weight is 261 g/mol. The zero-order chi connectivity index (χ0) is 12.4. The van der Waals surface area contributed by atoms with Gasteiger partial charge in [0.2, 0.25) is 5.95 Å². The number of aryl methyl sites for hydroxylation is 2. The molecule has 0 radical (unpaired) electrons. The molecule has 0 amide bonds. The van der Waals surface area contributed by atoms with Gasteiger partial charge >= 0.3 is 0 Å². The maximum absolute atomic E-state index is 4.73. The molecule has 2 heterocycles. The number of aromatic nitrogens is 4. The van der Waals surface area contributed by atoms with Gasteiger partial charge in [-0.05, 0) is 32.6 Å². The lowest BCUT2D eigenvalue weighted by molar-refractivity contribution is 0.678. The molecule has 0 aliphatic heterocycles. The Morgan fingerprint density at radius 1 is 1.22 bits per heavy atom. The summed E-state index contributed by atoms with van der Waals surface area (Å²) in [6.07, 6.45) is 7.87. The summed E-state index contributed by atoms with van der Waals surface area (Å²) in [4.78, 5) is 18.1. The Balaban J connectivity index is 1.76. The Morgan fingerprint density at radius 2 is 2.00 bits per heavy atom. The minimum Gasteiger partial charge on any atom is -0.345 e. The van der Waals surface area contributed by atoms with Gasteiger partial charge in [-0.1, -0.05) is 0 Å². The summed E-state index contributed by atoms with van der Waals surface area (Å²) in [5.74, 6) is 0.602. The van der Waals surface area contributed by atoms with Crippen molar-refractivity contribution in [2.45, 2.75) is 38.6 Å². The fourth-order valence-electron chi connectivity index (χ4n) is 2.13. The monoisotopic (exact) mass is 261 g/mol. The molecule has 0 spiro atoms. The number of anilines is 1. The number of rotatable bonds is 3. The molecule has 94 valence electrons. The molecule has 1 unspecified atom stereocenters. The van der Waals surface area contributed by atoms with Gasteiger partial charge in [-0.25, -0.2) is 19.9 Å². The van der Waals surface area contributed by atoms with E-state index in [1.54, 1.807) is 0 Å². The summed E-state index contributed by atoms with van der Waals surface area (Å²) in [6, 6.07) is 0.142. The predicted octanol–water partition coefficient (Wildman–Crippen LogP) is 2.38. The van der Waals surface area contributed by atoms with Crippen LogP contribution >= 0.6 is 11.3 Å². The third-order valence-electron chi connectivity index (χ3n) is 3.07. The smallest absolute Gasteiger partial charge is 0.226 e. The molecule has 1 N–H and O–H groups in total. The van der Waals surface area contributed by atoms with E-state index >= 15 is 0 Å². The van der Waals surface area contributed by atoms with E-state index in [-0.39, 0.29) is 6.04 Å². The molecular weight excluding hydrogens is 246 g/mol. The summed E-state index contributed by atoms with van der Waals surface area (Å²) in [6.45, 7) is 2.09. The molecule has 2 aromatic rings. The van der Waals surface area contributed by atoms with Crippen molar-refractivity contribution in [2.75, 3.05) is 5.32 Å². The molecule has 3 rings (SSSR count). The molecule has 0 saturated heterocycles. The van der Waals surface area contributed by atoms with Crippen LogP contribution in [0.3, 0.4) is 0 Å². The fourth-order valence-corrected chi connectivity index (χ4v) is 3.28. The SMILES string of the molecule is CC(Nc1ncncn1)c1nc2c(s1)CCCC2. The van der Waals surface area contributed by atoms with Crippen molar-refractivity contribution >= 4 is 17.3 Å². The van der Waals surface area contributed by atoms with Crippen LogP contribution in [0.25, 0.3) is 0 Å². The third kappa shape index (κ3) is 2.33. The zero-order valence-electron chi connectivity index (χ0n) is 10.3. The van der Waals surface area contributed by atoms with E-state index in [4.69, 9.17) is 4.98 Å². The molecule has 1 aliphatic carbocycles. The molecule has 2 aromatic heterocycles. The highest BCUT2D eigenvalue weighted by atomic mass is 32.1. The molecule has 6 heteroatoms. The van der Waals surface area contributed by atoms with Crippen molar-refractivity contribution in [1.82, 2.24) is 19.9 Å². The summed E-state index contributed by atoms with van der Waals surface area (Å²) in [5.41, 5.74) is 1.30. The van der Waals surface area contributed by atoms with E-state index < -0.39 is 0 Å². The zero-order valence-corrected chi connectivity index (χ0v) is 11.1. The minimum absolute atomic E-state index is 0.142. The van der Waals surface area contributed by atoms with Crippen LogP contribution in [0.2, 0.25) is 0 Å². The van der Waals surface area contributed by atoms with Crippen LogP contribution < -0.4 is 5.32 Å². The van der Waals surface area contributed by atoms with Gasteiger partial charge in [-0.3, -0.25) is 0 Å². The van der Waals surface area contributed by atoms with Crippen LogP contribution in [0.15, 0.2) is 12.7 Å². The molecule has 0 saturated carbocycles. The maximum Gasteiger partial charge on any atom is 0.226 e. The third-order valence-corrected chi connectivity index (χ3v) is 4.41. The van der Waals surface area contributed by atoms with Crippen molar-refractivity contribution in [1.29, 1.82) is 0 Å². The Kier molecular flexibility index (Phi) is 3.19. The van der Waals surface area contributed by atoms with E-state index in [2.05, 4.69) is 27.2 Å². The van der Waals surface area contributed by atoms with Crippen molar-refractivity contribution < 1.29 is 0 Å². The Labute approximate surface area is 110 Å². The van der Waals surface area contributed by atoms with Gasteiger partial charge < -0.3 is 5.32 Å². The van der Waals surface area contributed by atoms with E-state index in [1.165, 1.54) is 42.5 Å². The quantitative estimate of drug-likeness (QED) is 0.919. The number of hydrogen-bond donors (Lipinski definition) is 1. The number of nitrogens with one attached hydrogen (secondary N) is 1. The normalized spacial score (nSPS) is 16.1. The second kappa shape index (κ2) is 4.97. The Bertz CT molecular complexity index is 501. The molecule has 1 aliphatic rings. The first kappa shape index (κ1) is 11.5. The van der Waals surface area contributed by atoms with Gasteiger partial charge in [-0.15, -0.1) is 11.3 Å². The highest BCUT2D eigenvalue weighted by molar-refractivity contribution is 7.11. The number of fused-ring (bicyclic) bond motifs is 1. The van der Waals surface area contributed by atoms with E-state index in [0.29, 0.717) is 5.95 Å². The minimum atomic E-state index is 0.142. The standard InChI is InChI=1S/C12H15N5S/c1-8(16-12-14-6-13-7-15-12)11-17-9-4-2-3-5-10(9)18-11/h6-8H,2-5H2,1H3,(H,13,14,15,16). The van der Waals surface area contributed by atoms with Gasteiger partial charge in [0.15, 0.2) is 0 Å². The van der Waals surface area contributed by atoms with Gasteiger partial charge in [-0.2, -0.15) is 0 Å². The highest BCUT2D eigenvalue weighted by Crippen LogP contribution is 2.30. The lowest BCUT2D eigenvalue weighted by atomic mass is 10.0.